The minimum Gasteiger partial charge on any atom is -0.330 e. The Labute approximate surface area is 521 Å². The van der Waals surface area contributed by atoms with Crippen LogP contribution >= 0.6 is 0 Å². The maximum absolute atomic E-state index is 6.95. The van der Waals surface area contributed by atoms with Gasteiger partial charge in [0, 0.05) is 0 Å². The Balaban J connectivity index is 6.28. The molecule has 0 aromatic heterocycles. The quantitative estimate of drug-likeness (QED) is 0.0342. The van der Waals surface area contributed by atoms with Crippen LogP contribution in [-0.4, -0.2) is 52.0 Å². The van der Waals surface area contributed by atoms with Crippen molar-refractivity contribution in [3.63, 3.8) is 0 Å². The van der Waals surface area contributed by atoms with Crippen molar-refractivity contribution in [3.05, 3.63) is 24.3 Å². The normalized spacial score (nSPS) is 12.9. The summed E-state index contributed by atoms with van der Waals surface area (Å²) >= 11 is 0. The first kappa shape index (κ1) is 82.2. The fourth-order valence-corrected chi connectivity index (χ4v) is 11.1. The molecule has 0 aliphatic rings. The average molecular weight is 1180 g/mol. The Morgan fingerprint density at radius 3 is 0.554 bits per heavy atom. The van der Waals surface area contributed by atoms with Gasteiger partial charge in [-0.25, -0.2) is 0 Å². The van der Waals surface area contributed by atoms with Crippen LogP contribution in [0, 0.1) is 0 Å². The lowest BCUT2D eigenvalue weighted by molar-refractivity contribution is -0.374. The van der Waals surface area contributed by atoms with Gasteiger partial charge in [-0.2, -0.15) is 0 Å². The maximum atomic E-state index is 6.95. The molecule has 2 atom stereocenters. The van der Waals surface area contributed by atoms with Gasteiger partial charge in [0.25, 0.3) is 13.0 Å². The van der Waals surface area contributed by atoms with E-state index in [1.165, 1.54) is 295 Å². The van der Waals surface area contributed by atoms with Crippen LogP contribution < -0.4 is 0 Å². The summed E-state index contributed by atoms with van der Waals surface area (Å²) in [7, 11) is 0. The molecule has 0 aliphatic heterocycles. The van der Waals surface area contributed by atoms with E-state index in [0.29, 0.717) is 26.4 Å². The Morgan fingerprint density at radius 1 is 0.193 bits per heavy atom. The molecular formula is C76H150O7. The minimum absolute atomic E-state index is 0.602. The molecule has 0 aliphatic carbocycles. The summed E-state index contributed by atoms with van der Waals surface area (Å²) in [5, 5.41) is 0. The molecule has 0 N–H and O–H groups in total. The van der Waals surface area contributed by atoms with E-state index < -0.39 is 25.5 Å². The van der Waals surface area contributed by atoms with E-state index in [2.05, 4.69) is 65.8 Å². The van der Waals surface area contributed by atoms with Crippen LogP contribution in [0.2, 0.25) is 0 Å². The van der Waals surface area contributed by atoms with E-state index in [1.54, 1.807) is 0 Å². The lowest BCUT2D eigenvalue weighted by Gasteiger charge is -2.28. The zero-order valence-corrected chi connectivity index (χ0v) is 57.3. The summed E-state index contributed by atoms with van der Waals surface area (Å²) in [6.45, 7) is 14.5. The molecule has 0 amide bonds. The largest absolute Gasteiger partial charge is 0.330 e. The molecule has 0 saturated heterocycles. The molecule has 0 saturated carbocycles. The van der Waals surface area contributed by atoms with Crippen LogP contribution in [0.1, 0.15) is 414 Å². The van der Waals surface area contributed by atoms with E-state index in [-0.39, 0.29) is 0 Å². The molecule has 0 fully saturated rings. The maximum Gasteiger partial charge on any atom is 0.274 e. The lowest BCUT2D eigenvalue weighted by Crippen LogP contribution is -2.35. The highest BCUT2D eigenvalue weighted by Crippen LogP contribution is 2.21. The third kappa shape index (κ3) is 67.0. The summed E-state index contributed by atoms with van der Waals surface area (Å²) in [5.74, 6) is 0. The number of hydrogen-bond donors (Lipinski definition) is 0. The van der Waals surface area contributed by atoms with E-state index >= 15 is 0 Å². The van der Waals surface area contributed by atoms with Gasteiger partial charge in [0.2, 0.25) is 0 Å². The molecule has 83 heavy (non-hydrogen) atoms. The fourth-order valence-electron chi connectivity index (χ4n) is 11.1. The third-order valence-electron chi connectivity index (χ3n) is 16.8. The molecular weight excluding hydrogens is 1020 g/mol. The van der Waals surface area contributed by atoms with Gasteiger partial charge in [-0.05, 0) is 63.5 Å². The molecule has 0 heterocycles. The highest BCUT2D eigenvalue weighted by atomic mass is 16.9. The molecule has 0 spiro atoms. The van der Waals surface area contributed by atoms with Gasteiger partial charge in [0.05, 0.1) is 26.4 Å². The number of unbranched alkanes of at least 4 members (excludes halogenated alkanes) is 52. The summed E-state index contributed by atoms with van der Waals surface area (Å²) < 4.78 is 46.5. The number of hydrogen-bond acceptors (Lipinski definition) is 7. The van der Waals surface area contributed by atoms with Gasteiger partial charge >= 0.3 is 0 Å². The summed E-state index contributed by atoms with van der Waals surface area (Å²) in [4.78, 5) is 0. The molecule has 0 radical (unpaired) electrons. The predicted octanol–water partition coefficient (Wildman–Crippen LogP) is 26.2. The van der Waals surface area contributed by atoms with Gasteiger partial charge in [-0.1, -0.05) is 375 Å². The minimum atomic E-state index is -0.830. The van der Waals surface area contributed by atoms with Crippen molar-refractivity contribution < 1.29 is 33.2 Å². The second kappa shape index (κ2) is 73.7. The molecule has 7 nitrogen and oxygen atoms in total. The second-order valence-corrected chi connectivity index (χ2v) is 25.3. The zero-order valence-electron chi connectivity index (χ0n) is 57.3. The van der Waals surface area contributed by atoms with Crippen LogP contribution in [0.15, 0.2) is 24.3 Å². The molecule has 2 unspecified atom stereocenters. The molecule has 0 rings (SSSR count). The van der Waals surface area contributed by atoms with Crippen LogP contribution in [0.25, 0.3) is 0 Å². The first-order valence-electron chi connectivity index (χ1n) is 37.9. The van der Waals surface area contributed by atoms with E-state index in [9.17, 15) is 0 Å². The Hall–Kier alpha value is -0.800. The Bertz CT molecular complexity index is 1080. The predicted molar refractivity (Wildman–Crippen MR) is 362 cm³/mol. The smallest absolute Gasteiger partial charge is 0.274 e. The number of rotatable bonds is 74. The second-order valence-electron chi connectivity index (χ2n) is 25.3. The number of allylic oxidation sites excluding steroid dienone is 2. The van der Waals surface area contributed by atoms with Crippen LogP contribution in [-0.2, 0) is 33.2 Å². The number of ether oxygens (including phenoxy) is 7. The average Bonchev–Trinajstić information content (AvgIpc) is 3.52. The Morgan fingerprint density at radius 2 is 0.361 bits per heavy atom. The highest BCUT2D eigenvalue weighted by molar-refractivity contribution is 4.90. The van der Waals surface area contributed by atoms with E-state index in [1.807, 2.05) is 0 Å². The topological polar surface area (TPSA) is 64.6 Å². The highest BCUT2D eigenvalue weighted by Gasteiger charge is 2.24. The molecule has 0 aromatic carbocycles. The van der Waals surface area contributed by atoms with Crippen molar-refractivity contribution in [1.29, 1.82) is 0 Å². The van der Waals surface area contributed by atoms with Crippen LogP contribution in [0.5, 0.6) is 0 Å². The van der Waals surface area contributed by atoms with Crippen molar-refractivity contribution in [2.75, 3.05) is 26.4 Å². The van der Waals surface area contributed by atoms with Gasteiger partial charge in [-0.3, -0.25) is 9.47 Å². The zero-order chi connectivity index (χ0) is 59.9. The van der Waals surface area contributed by atoms with E-state index in [4.69, 9.17) is 33.2 Å². The van der Waals surface area contributed by atoms with Gasteiger partial charge < -0.3 is 23.7 Å². The summed E-state index contributed by atoms with van der Waals surface area (Å²) in [6.07, 6.45) is 81.8. The van der Waals surface area contributed by atoms with Crippen molar-refractivity contribution in [2.45, 2.75) is 439 Å². The van der Waals surface area contributed by atoms with Crippen molar-refractivity contribution in [2.24, 2.45) is 0 Å². The van der Waals surface area contributed by atoms with Crippen molar-refractivity contribution in [3.8, 4) is 0 Å². The van der Waals surface area contributed by atoms with Gasteiger partial charge in [-0.15, -0.1) is 0 Å². The molecule has 7 heteroatoms. The van der Waals surface area contributed by atoms with Crippen LogP contribution in [0.3, 0.4) is 0 Å². The van der Waals surface area contributed by atoms with Crippen molar-refractivity contribution >= 4 is 0 Å². The summed E-state index contributed by atoms with van der Waals surface area (Å²) in [5.41, 5.74) is 0. The monoisotopic (exact) mass is 1180 g/mol. The fraction of sp³-hybridized carbons (Fsp3) is 0.947. The SMILES string of the molecule is CCCCCCCCCCCCCCCCC=CC(OC(C=CCCCCCCCCCCCCCCCC)OC(OCCCCCCCCC)OCCCCCCCCC)OC(OCCCCCCCCC)OCCCCCCCCC. The van der Waals surface area contributed by atoms with Crippen molar-refractivity contribution in [1.82, 2.24) is 0 Å². The lowest BCUT2D eigenvalue weighted by atomic mass is 10.0. The van der Waals surface area contributed by atoms with Gasteiger partial charge in [0.15, 0.2) is 12.6 Å². The first-order chi connectivity index (χ1) is 41.1. The third-order valence-corrected chi connectivity index (χ3v) is 16.8. The standard InChI is InChI=1S/C76H150O7/c1-7-13-19-25-31-33-35-37-39-41-43-45-47-49-55-61-67-73(82-75(77-69-63-57-51-27-21-15-9-3)78-70-64-58-52-28-22-16-10-4)81-74(68-62-56-50-48-46-44-42-40-38-36-34-32-26-20-14-8-2)83-76(79-71-65-59-53-29-23-17-11-5)80-72-66-60-54-30-24-18-12-6/h61-62,67-68,73-76H,7-60,63-66,69-72H2,1-6H3. The van der Waals surface area contributed by atoms with E-state index in [0.717, 1.165) is 77.0 Å². The molecule has 496 valence electrons. The molecule has 0 bridgehead atoms. The summed E-state index contributed by atoms with van der Waals surface area (Å²) in [6, 6.07) is 0. The van der Waals surface area contributed by atoms with Gasteiger partial charge in [0.1, 0.15) is 0 Å². The molecule has 0 aromatic rings. The Kier molecular flexibility index (Phi) is 73.0. The first-order valence-corrected chi connectivity index (χ1v) is 37.9. The van der Waals surface area contributed by atoms with Crippen LogP contribution in [0.4, 0.5) is 0 Å².